The number of urea groups is 1. The second kappa shape index (κ2) is 8.38. The molecule has 0 unspecified atom stereocenters. The van der Waals surface area contributed by atoms with Crippen LogP contribution in [0.4, 0.5) is 4.79 Å². The minimum Gasteiger partial charge on any atom is -0.481 e. The van der Waals surface area contributed by atoms with E-state index in [0.717, 1.165) is 12.0 Å². The molecular weight excluding hydrogens is 284 g/mol. The number of aliphatic carboxylic acids is 1. The molecule has 1 saturated heterocycles. The van der Waals surface area contributed by atoms with E-state index in [1.54, 1.807) is 0 Å². The van der Waals surface area contributed by atoms with Gasteiger partial charge in [0.05, 0.1) is 6.10 Å². The van der Waals surface area contributed by atoms with E-state index >= 15 is 0 Å². The van der Waals surface area contributed by atoms with Crippen LogP contribution in [0.2, 0.25) is 0 Å². The van der Waals surface area contributed by atoms with Gasteiger partial charge >= 0.3 is 12.0 Å². The molecule has 2 rings (SSSR count). The Bertz CT molecular complexity index is 492. The largest absolute Gasteiger partial charge is 0.481 e. The zero-order valence-corrected chi connectivity index (χ0v) is 12.5. The van der Waals surface area contributed by atoms with Crippen LogP contribution in [0, 0.1) is 5.92 Å². The van der Waals surface area contributed by atoms with E-state index in [9.17, 15) is 9.59 Å². The highest BCUT2D eigenvalue weighted by Crippen LogP contribution is 2.33. The Hall–Kier alpha value is -2.08. The minimum absolute atomic E-state index is 0.0218. The van der Waals surface area contributed by atoms with Crippen molar-refractivity contribution < 1.29 is 19.4 Å². The van der Waals surface area contributed by atoms with Crippen molar-refractivity contribution in [1.82, 2.24) is 10.6 Å². The molecule has 0 aromatic heterocycles. The summed E-state index contributed by atoms with van der Waals surface area (Å²) in [5.74, 6) is -0.594. The summed E-state index contributed by atoms with van der Waals surface area (Å²) in [7, 11) is 0. The van der Waals surface area contributed by atoms with E-state index in [4.69, 9.17) is 9.84 Å². The summed E-state index contributed by atoms with van der Waals surface area (Å²) < 4.78 is 5.77. The molecule has 1 heterocycles. The molecule has 1 aliphatic rings. The lowest BCUT2D eigenvalue weighted by atomic mass is 9.95. The van der Waals surface area contributed by atoms with E-state index < -0.39 is 5.97 Å². The van der Waals surface area contributed by atoms with Gasteiger partial charge in [0, 0.05) is 32.0 Å². The van der Waals surface area contributed by atoms with Gasteiger partial charge < -0.3 is 20.5 Å². The summed E-state index contributed by atoms with van der Waals surface area (Å²) >= 11 is 0. The zero-order chi connectivity index (χ0) is 15.8. The van der Waals surface area contributed by atoms with E-state index in [-0.39, 0.29) is 24.5 Å². The number of carbonyl (C=O) groups excluding carboxylic acids is 1. The molecule has 0 radical (unpaired) electrons. The topological polar surface area (TPSA) is 87.7 Å². The quantitative estimate of drug-likeness (QED) is 0.672. The number of ether oxygens (including phenoxy) is 1. The molecule has 2 amide bonds. The Morgan fingerprint density at radius 1 is 1.23 bits per heavy atom. The van der Waals surface area contributed by atoms with Gasteiger partial charge in [-0.1, -0.05) is 30.3 Å². The van der Waals surface area contributed by atoms with Crippen LogP contribution in [-0.2, 0) is 9.53 Å². The standard InChI is InChI=1S/C16H22N2O4/c19-14(20)7-4-9-17-16(21)18-11-13-8-10-22-15(13)12-5-2-1-3-6-12/h1-3,5-6,13,15H,4,7-11H2,(H,19,20)(H2,17,18,21)/t13-,15-/m1/s1. The first-order valence-electron chi connectivity index (χ1n) is 7.57. The first-order valence-corrected chi connectivity index (χ1v) is 7.57. The molecule has 1 aromatic rings. The molecule has 0 aliphatic carbocycles. The Kier molecular flexibility index (Phi) is 6.21. The SMILES string of the molecule is O=C(O)CCCNC(=O)NC[C@H]1CCO[C@@H]1c1ccccc1. The zero-order valence-electron chi connectivity index (χ0n) is 12.5. The number of nitrogens with one attached hydrogen (secondary N) is 2. The Balaban J connectivity index is 1.71. The number of rotatable bonds is 7. The van der Waals surface area contributed by atoms with E-state index in [1.165, 1.54) is 0 Å². The van der Waals surface area contributed by atoms with E-state index in [0.29, 0.717) is 26.1 Å². The summed E-state index contributed by atoms with van der Waals surface area (Å²) in [6, 6.07) is 9.75. The van der Waals surface area contributed by atoms with Crippen molar-refractivity contribution in [2.45, 2.75) is 25.4 Å². The molecule has 0 spiro atoms. The fraction of sp³-hybridized carbons (Fsp3) is 0.500. The van der Waals surface area contributed by atoms with Crippen LogP contribution >= 0.6 is 0 Å². The maximum absolute atomic E-state index is 11.7. The smallest absolute Gasteiger partial charge is 0.314 e. The molecule has 1 aliphatic heterocycles. The third-order valence-corrected chi connectivity index (χ3v) is 3.72. The lowest BCUT2D eigenvalue weighted by Gasteiger charge is -2.19. The molecular formula is C16H22N2O4. The Morgan fingerprint density at radius 3 is 2.73 bits per heavy atom. The van der Waals surface area contributed by atoms with Crippen molar-refractivity contribution in [3.05, 3.63) is 35.9 Å². The lowest BCUT2D eigenvalue weighted by Crippen LogP contribution is -2.39. The second-order valence-electron chi connectivity index (χ2n) is 5.38. The third kappa shape index (κ3) is 5.04. The first-order chi connectivity index (χ1) is 10.7. The molecule has 6 heteroatoms. The summed E-state index contributed by atoms with van der Waals surface area (Å²) in [6.45, 7) is 1.61. The molecule has 120 valence electrons. The minimum atomic E-state index is -0.851. The third-order valence-electron chi connectivity index (χ3n) is 3.72. The lowest BCUT2D eigenvalue weighted by molar-refractivity contribution is -0.137. The number of amides is 2. The average Bonchev–Trinajstić information content (AvgIpc) is 2.99. The predicted molar refractivity (Wildman–Crippen MR) is 81.5 cm³/mol. The van der Waals surface area contributed by atoms with Crippen molar-refractivity contribution in [3.63, 3.8) is 0 Å². The molecule has 0 bridgehead atoms. The summed E-state index contributed by atoms with van der Waals surface area (Å²) in [5, 5.41) is 14.0. The molecule has 22 heavy (non-hydrogen) atoms. The van der Waals surface area contributed by atoms with Gasteiger partial charge in [-0.2, -0.15) is 0 Å². The van der Waals surface area contributed by atoms with Gasteiger partial charge in [0.15, 0.2) is 0 Å². The molecule has 2 atom stereocenters. The van der Waals surface area contributed by atoms with Crippen molar-refractivity contribution >= 4 is 12.0 Å². The van der Waals surface area contributed by atoms with Crippen LogP contribution in [0.15, 0.2) is 30.3 Å². The summed E-state index contributed by atoms with van der Waals surface area (Å²) in [6.07, 6.45) is 1.43. The molecule has 1 fully saturated rings. The number of carboxylic acid groups (broad SMARTS) is 1. The van der Waals surface area contributed by atoms with Crippen LogP contribution in [0.1, 0.15) is 30.9 Å². The van der Waals surface area contributed by atoms with Gasteiger partial charge in [-0.3, -0.25) is 4.79 Å². The van der Waals surface area contributed by atoms with E-state index in [2.05, 4.69) is 10.6 Å². The number of hydrogen-bond acceptors (Lipinski definition) is 3. The van der Waals surface area contributed by atoms with Gasteiger partial charge in [-0.15, -0.1) is 0 Å². The molecule has 1 aromatic carbocycles. The van der Waals surface area contributed by atoms with Crippen LogP contribution in [0.3, 0.4) is 0 Å². The average molecular weight is 306 g/mol. The monoisotopic (exact) mass is 306 g/mol. The maximum atomic E-state index is 11.7. The molecule has 0 saturated carbocycles. The predicted octanol–water partition coefficient (Wildman–Crippen LogP) is 1.93. The highest BCUT2D eigenvalue weighted by Gasteiger charge is 2.29. The fourth-order valence-corrected chi connectivity index (χ4v) is 2.58. The summed E-state index contributed by atoms with van der Waals surface area (Å²) in [5.41, 5.74) is 1.13. The number of carbonyl (C=O) groups is 2. The normalized spacial score (nSPS) is 20.5. The van der Waals surface area contributed by atoms with Gasteiger partial charge in [0.25, 0.3) is 0 Å². The Morgan fingerprint density at radius 2 is 2.00 bits per heavy atom. The number of carboxylic acids is 1. The highest BCUT2D eigenvalue weighted by atomic mass is 16.5. The highest BCUT2D eigenvalue weighted by molar-refractivity contribution is 5.73. The van der Waals surface area contributed by atoms with Crippen LogP contribution in [0.5, 0.6) is 0 Å². The first kappa shape index (κ1) is 16.3. The van der Waals surface area contributed by atoms with Gasteiger partial charge in [0.1, 0.15) is 0 Å². The van der Waals surface area contributed by atoms with Crippen molar-refractivity contribution in [2.75, 3.05) is 19.7 Å². The maximum Gasteiger partial charge on any atom is 0.314 e. The van der Waals surface area contributed by atoms with Gasteiger partial charge in [-0.05, 0) is 18.4 Å². The van der Waals surface area contributed by atoms with Crippen LogP contribution in [-0.4, -0.2) is 36.8 Å². The number of hydrogen-bond donors (Lipinski definition) is 3. The van der Waals surface area contributed by atoms with E-state index in [1.807, 2.05) is 30.3 Å². The van der Waals surface area contributed by atoms with Gasteiger partial charge in [-0.25, -0.2) is 4.79 Å². The second-order valence-corrected chi connectivity index (χ2v) is 5.38. The molecule has 3 N–H and O–H groups in total. The van der Waals surface area contributed by atoms with Crippen LogP contribution in [0.25, 0.3) is 0 Å². The fourth-order valence-electron chi connectivity index (χ4n) is 2.58. The Labute approximate surface area is 129 Å². The van der Waals surface area contributed by atoms with Crippen molar-refractivity contribution in [3.8, 4) is 0 Å². The van der Waals surface area contributed by atoms with Crippen LogP contribution < -0.4 is 10.6 Å². The number of benzene rings is 1. The van der Waals surface area contributed by atoms with Gasteiger partial charge in [0.2, 0.25) is 0 Å². The van der Waals surface area contributed by atoms with Crippen molar-refractivity contribution in [1.29, 1.82) is 0 Å². The van der Waals surface area contributed by atoms with Crippen molar-refractivity contribution in [2.24, 2.45) is 5.92 Å². The molecule has 6 nitrogen and oxygen atoms in total. The summed E-state index contributed by atoms with van der Waals surface area (Å²) in [4.78, 5) is 22.0.